The zero-order chi connectivity index (χ0) is 18.4. The van der Waals surface area contributed by atoms with Crippen molar-refractivity contribution in [3.05, 3.63) is 47.6 Å². The van der Waals surface area contributed by atoms with E-state index in [4.69, 9.17) is 9.47 Å². The third kappa shape index (κ3) is 3.47. The van der Waals surface area contributed by atoms with Crippen molar-refractivity contribution in [1.82, 2.24) is 0 Å². The number of cyclic esters (lactones) is 1. The molecule has 134 valence electrons. The summed E-state index contributed by atoms with van der Waals surface area (Å²) in [6.45, 7) is 9.67. The van der Waals surface area contributed by atoms with Gasteiger partial charge in [-0.25, -0.2) is 9.59 Å². The molecule has 0 aromatic heterocycles. The second kappa shape index (κ2) is 6.30. The van der Waals surface area contributed by atoms with Crippen LogP contribution in [-0.4, -0.2) is 35.4 Å². The lowest BCUT2D eigenvalue weighted by atomic mass is 9.64. The minimum absolute atomic E-state index is 0.0263. The molecule has 4 atom stereocenters. The quantitative estimate of drug-likeness (QED) is 0.473. The molecule has 0 amide bonds. The summed E-state index contributed by atoms with van der Waals surface area (Å²) < 4.78 is 10.8. The summed E-state index contributed by atoms with van der Waals surface area (Å²) >= 11 is 0. The van der Waals surface area contributed by atoms with Gasteiger partial charge in [0.05, 0.1) is 12.2 Å². The van der Waals surface area contributed by atoms with E-state index in [0.717, 1.165) is 11.1 Å². The maximum atomic E-state index is 12.3. The van der Waals surface area contributed by atoms with Gasteiger partial charge in [-0.15, -0.1) is 0 Å². The molecule has 0 radical (unpaired) electrons. The molecule has 3 rings (SSSR count). The van der Waals surface area contributed by atoms with Crippen LogP contribution in [0.2, 0.25) is 0 Å². The molecule has 25 heavy (non-hydrogen) atoms. The third-order valence-electron chi connectivity index (χ3n) is 5.18. The number of carbonyl (C=O) groups is 2. The van der Waals surface area contributed by atoms with Crippen molar-refractivity contribution in [2.24, 2.45) is 17.8 Å². The molecule has 5 heteroatoms. The van der Waals surface area contributed by atoms with Crippen LogP contribution in [-0.2, 0) is 19.1 Å². The van der Waals surface area contributed by atoms with Crippen molar-refractivity contribution in [1.29, 1.82) is 0 Å². The van der Waals surface area contributed by atoms with Crippen molar-refractivity contribution >= 4 is 11.9 Å². The third-order valence-corrected chi connectivity index (χ3v) is 5.18. The van der Waals surface area contributed by atoms with Gasteiger partial charge in [0.2, 0.25) is 0 Å². The van der Waals surface area contributed by atoms with Gasteiger partial charge >= 0.3 is 11.9 Å². The standard InChI is InChI=1S/C20H24O5/c1-11-8-17(21)25-18-12(2)16-10-24-19(22)13(15(16)9-14(11)18)6-5-7-20(3,4)23/h5-8,14-16,18,23H,2,9-10H2,1,3-4H3/b7-5+,13-6+/t14-,15+,16-,18-/m1/s1. The highest BCUT2D eigenvalue weighted by Gasteiger charge is 2.48. The number of hydrogen-bond acceptors (Lipinski definition) is 5. The Morgan fingerprint density at radius 3 is 2.68 bits per heavy atom. The van der Waals surface area contributed by atoms with E-state index in [1.807, 2.05) is 6.92 Å². The summed E-state index contributed by atoms with van der Waals surface area (Å²) in [5.74, 6) is -0.711. The van der Waals surface area contributed by atoms with Crippen LogP contribution < -0.4 is 0 Å². The summed E-state index contributed by atoms with van der Waals surface area (Å²) in [6.07, 6.45) is 6.93. The largest absolute Gasteiger partial charge is 0.462 e. The maximum absolute atomic E-state index is 12.3. The van der Waals surface area contributed by atoms with Crippen LogP contribution in [0.5, 0.6) is 0 Å². The normalized spacial score (nSPS) is 34.3. The number of rotatable bonds is 2. The van der Waals surface area contributed by atoms with Crippen LogP contribution in [0, 0.1) is 17.8 Å². The van der Waals surface area contributed by atoms with Gasteiger partial charge in [-0.2, -0.15) is 0 Å². The first-order valence-electron chi connectivity index (χ1n) is 8.54. The SMILES string of the molecule is C=C1[C@H]2COC(=O)/C(=C/C=C/C(C)(C)O)[C@@H]2C[C@@H]2C(C)=CC(=O)O[C@H]12. The number of aliphatic hydroxyl groups is 1. The minimum Gasteiger partial charge on any atom is -0.462 e. The van der Waals surface area contributed by atoms with E-state index in [-0.39, 0.29) is 42.4 Å². The van der Waals surface area contributed by atoms with Crippen molar-refractivity contribution in [2.45, 2.75) is 38.9 Å². The lowest BCUT2D eigenvalue weighted by Gasteiger charge is -2.46. The second-order valence-electron chi connectivity index (χ2n) is 7.61. The number of carbonyl (C=O) groups excluding carboxylic acids is 2. The minimum atomic E-state index is -0.951. The van der Waals surface area contributed by atoms with Crippen LogP contribution in [0.15, 0.2) is 47.6 Å². The average molecular weight is 344 g/mol. The maximum Gasteiger partial charge on any atom is 0.334 e. The van der Waals surface area contributed by atoms with E-state index in [9.17, 15) is 14.7 Å². The highest BCUT2D eigenvalue weighted by molar-refractivity contribution is 5.90. The molecular formula is C20H24O5. The summed E-state index contributed by atoms with van der Waals surface area (Å²) in [5, 5.41) is 9.80. The molecule has 2 fully saturated rings. The second-order valence-corrected chi connectivity index (χ2v) is 7.61. The first-order valence-corrected chi connectivity index (χ1v) is 8.54. The fraction of sp³-hybridized carbons (Fsp3) is 0.500. The predicted octanol–water partition coefficient (Wildman–Crippen LogP) is 2.48. The summed E-state index contributed by atoms with van der Waals surface area (Å²) in [6, 6.07) is 0. The van der Waals surface area contributed by atoms with E-state index >= 15 is 0 Å². The van der Waals surface area contributed by atoms with Crippen LogP contribution in [0.4, 0.5) is 0 Å². The van der Waals surface area contributed by atoms with E-state index < -0.39 is 5.60 Å². The van der Waals surface area contributed by atoms with Crippen LogP contribution in [0.3, 0.4) is 0 Å². The van der Waals surface area contributed by atoms with E-state index in [2.05, 4.69) is 6.58 Å². The predicted molar refractivity (Wildman–Crippen MR) is 92.3 cm³/mol. The molecule has 1 N–H and O–H groups in total. The van der Waals surface area contributed by atoms with Crippen molar-refractivity contribution < 1.29 is 24.2 Å². The zero-order valence-electron chi connectivity index (χ0n) is 14.8. The number of hydrogen-bond donors (Lipinski definition) is 1. The zero-order valence-corrected chi connectivity index (χ0v) is 14.8. The molecule has 1 aliphatic carbocycles. The Balaban J connectivity index is 1.93. The Hall–Kier alpha value is -2.14. The molecule has 0 unspecified atom stereocenters. The van der Waals surface area contributed by atoms with Gasteiger partial charge in [0.25, 0.3) is 0 Å². The molecule has 0 aromatic carbocycles. The Labute approximate surface area is 147 Å². The summed E-state index contributed by atoms with van der Waals surface area (Å²) in [7, 11) is 0. The van der Waals surface area contributed by atoms with Crippen LogP contribution in [0.25, 0.3) is 0 Å². The smallest absolute Gasteiger partial charge is 0.334 e. The molecule has 1 saturated carbocycles. The molecule has 0 spiro atoms. The van der Waals surface area contributed by atoms with E-state index in [0.29, 0.717) is 12.0 Å². The van der Waals surface area contributed by atoms with Crippen LogP contribution >= 0.6 is 0 Å². The number of fused-ring (bicyclic) bond motifs is 2. The Kier molecular flexibility index (Phi) is 4.45. The van der Waals surface area contributed by atoms with Gasteiger partial charge in [0, 0.05) is 29.4 Å². The molecule has 2 aliphatic heterocycles. The molecule has 3 aliphatic rings. The monoisotopic (exact) mass is 344 g/mol. The van der Waals surface area contributed by atoms with E-state index in [1.165, 1.54) is 6.08 Å². The molecule has 0 aromatic rings. The summed E-state index contributed by atoms with van der Waals surface area (Å²) in [4.78, 5) is 24.0. The van der Waals surface area contributed by atoms with Gasteiger partial charge in [-0.3, -0.25) is 0 Å². The average Bonchev–Trinajstić information content (AvgIpc) is 2.50. The van der Waals surface area contributed by atoms with Gasteiger partial charge in [0.15, 0.2) is 0 Å². The Bertz CT molecular complexity index is 704. The highest BCUT2D eigenvalue weighted by Crippen LogP contribution is 2.48. The van der Waals surface area contributed by atoms with Gasteiger partial charge in [-0.05, 0) is 32.8 Å². The number of ether oxygens (including phenoxy) is 2. The van der Waals surface area contributed by atoms with E-state index in [1.54, 1.807) is 32.1 Å². The fourth-order valence-electron chi connectivity index (χ4n) is 3.87. The molecule has 1 saturated heterocycles. The first-order chi connectivity index (χ1) is 11.7. The molecule has 0 bridgehead atoms. The topological polar surface area (TPSA) is 72.8 Å². The Morgan fingerprint density at radius 2 is 2.00 bits per heavy atom. The first kappa shape index (κ1) is 17.7. The van der Waals surface area contributed by atoms with Gasteiger partial charge in [-0.1, -0.05) is 30.4 Å². The molecule has 5 nitrogen and oxygen atoms in total. The van der Waals surface area contributed by atoms with Gasteiger partial charge in [0.1, 0.15) is 6.10 Å². The Morgan fingerprint density at radius 1 is 1.28 bits per heavy atom. The van der Waals surface area contributed by atoms with Gasteiger partial charge < -0.3 is 14.6 Å². The lowest BCUT2D eigenvalue weighted by Crippen LogP contribution is -2.47. The van der Waals surface area contributed by atoms with Crippen LogP contribution in [0.1, 0.15) is 27.2 Å². The number of allylic oxidation sites excluding steroid dienone is 2. The molecule has 2 heterocycles. The lowest BCUT2D eigenvalue weighted by molar-refractivity contribution is -0.152. The fourth-order valence-corrected chi connectivity index (χ4v) is 3.87. The highest BCUT2D eigenvalue weighted by atomic mass is 16.5. The van der Waals surface area contributed by atoms with Crippen molar-refractivity contribution in [2.75, 3.05) is 6.61 Å². The number of esters is 2. The summed E-state index contributed by atoms with van der Waals surface area (Å²) in [5.41, 5.74) is 1.41. The van der Waals surface area contributed by atoms with Crippen molar-refractivity contribution in [3.8, 4) is 0 Å². The van der Waals surface area contributed by atoms with Crippen molar-refractivity contribution in [3.63, 3.8) is 0 Å². The molecular weight excluding hydrogens is 320 g/mol.